The van der Waals surface area contributed by atoms with Crippen molar-refractivity contribution >= 4 is 26.7 Å². The normalized spacial score (nSPS) is 19.1. The highest BCUT2D eigenvalue weighted by Crippen LogP contribution is 2.26. The number of ether oxygens (including phenoxy) is 1. The van der Waals surface area contributed by atoms with Crippen LogP contribution in [-0.4, -0.2) is 6.10 Å². The zero-order valence-electron chi connectivity index (χ0n) is 10.1. The van der Waals surface area contributed by atoms with Crippen LogP contribution in [0.4, 0.5) is 0 Å². The van der Waals surface area contributed by atoms with Crippen molar-refractivity contribution in [1.82, 2.24) is 0 Å². The third-order valence-corrected chi connectivity index (χ3v) is 3.76. The summed E-state index contributed by atoms with van der Waals surface area (Å²) in [5.41, 5.74) is 0. The first kappa shape index (κ1) is 11.8. The predicted molar refractivity (Wildman–Crippen MR) is 79.1 cm³/mol. The van der Waals surface area contributed by atoms with Gasteiger partial charge in [-0.25, -0.2) is 0 Å². The summed E-state index contributed by atoms with van der Waals surface area (Å²) in [5, 5.41) is 2.45. The van der Waals surface area contributed by atoms with Crippen molar-refractivity contribution in [3.8, 4) is 5.75 Å². The number of hydrogen-bond donors (Lipinski definition) is 0. The average molecular weight is 303 g/mol. The Kier molecular flexibility index (Phi) is 3.37. The van der Waals surface area contributed by atoms with E-state index < -0.39 is 0 Å². The molecule has 1 unspecified atom stereocenters. The molecule has 2 aromatic rings. The van der Waals surface area contributed by atoms with Gasteiger partial charge in [0.1, 0.15) is 11.9 Å². The molecular weight excluding hydrogens is 288 g/mol. The Bertz CT molecular complexity index is 589. The van der Waals surface area contributed by atoms with E-state index in [-0.39, 0.29) is 6.10 Å². The summed E-state index contributed by atoms with van der Waals surface area (Å²) >= 11 is 3.49. The van der Waals surface area contributed by atoms with Gasteiger partial charge >= 0.3 is 0 Å². The number of fused-ring (bicyclic) bond motifs is 1. The molecule has 0 radical (unpaired) electrons. The molecule has 0 aliphatic heterocycles. The molecule has 1 nitrogen and oxygen atoms in total. The van der Waals surface area contributed by atoms with Crippen LogP contribution >= 0.6 is 15.9 Å². The van der Waals surface area contributed by atoms with E-state index in [0.717, 1.165) is 16.6 Å². The molecule has 1 aliphatic carbocycles. The number of hydrogen-bond acceptors (Lipinski definition) is 1. The van der Waals surface area contributed by atoms with E-state index in [2.05, 4.69) is 64.5 Å². The van der Waals surface area contributed by atoms with Crippen LogP contribution in [-0.2, 0) is 0 Å². The molecule has 0 heterocycles. The van der Waals surface area contributed by atoms with E-state index in [4.69, 9.17) is 4.74 Å². The maximum Gasteiger partial charge on any atom is 0.120 e. The number of allylic oxidation sites excluding steroid dienone is 1. The number of rotatable bonds is 2. The lowest BCUT2D eigenvalue weighted by Crippen LogP contribution is -2.15. The standard InChI is InChI=1S/C16H15BrO/c17-14-8-6-13-11-16(9-7-12(13)10-14)18-15-4-2-1-3-5-15/h2,4,6-11,15H,1,3,5H2. The van der Waals surface area contributed by atoms with Gasteiger partial charge in [0.25, 0.3) is 0 Å². The third-order valence-electron chi connectivity index (χ3n) is 3.27. The fourth-order valence-electron chi connectivity index (χ4n) is 2.32. The Morgan fingerprint density at radius 2 is 1.89 bits per heavy atom. The topological polar surface area (TPSA) is 9.23 Å². The first-order valence-electron chi connectivity index (χ1n) is 6.34. The van der Waals surface area contributed by atoms with Crippen molar-refractivity contribution in [2.75, 3.05) is 0 Å². The summed E-state index contributed by atoms with van der Waals surface area (Å²) < 4.78 is 7.11. The van der Waals surface area contributed by atoms with Gasteiger partial charge in [-0.15, -0.1) is 0 Å². The van der Waals surface area contributed by atoms with Gasteiger partial charge in [-0.05, 0) is 60.4 Å². The van der Waals surface area contributed by atoms with Gasteiger partial charge in [0, 0.05) is 4.47 Å². The lowest BCUT2D eigenvalue weighted by molar-refractivity contribution is 0.230. The van der Waals surface area contributed by atoms with Gasteiger partial charge < -0.3 is 4.74 Å². The quantitative estimate of drug-likeness (QED) is 0.702. The molecule has 1 aliphatic rings. The van der Waals surface area contributed by atoms with Crippen molar-refractivity contribution in [2.45, 2.75) is 25.4 Å². The summed E-state index contributed by atoms with van der Waals surface area (Å²) in [6.45, 7) is 0. The molecule has 0 saturated carbocycles. The molecule has 92 valence electrons. The van der Waals surface area contributed by atoms with Crippen LogP contribution in [0.3, 0.4) is 0 Å². The molecule has 2 heteroatoms. The van der Waals surface area contributed by atoms with Gasteiger partial charge in [-0.3, -0.25) is 0 Å². The molecule has 1 atom stereocenters. The van der Waals surface area contributed by atoms with Crippen molar-refractivity contribution in [1.29, 1.82) is 0 Å². The van der Waals surface area contributed by atoms with E-state index >= 15 is 0 Å². The molecule has 0 bridgehead atoms. The van der Waals surface area contributed by atoms with Crippen molar-refractivity contribution in [3.63, 3.8) is 0 Å². The Labute approximate surface area is 116 Å². The zero-order valence-corrected chi connectivity index (χ0v) is 11.7. The summed E-state index contributed by atoms with van der Waals surface area (Å²) in [6, 6.07) is 12.6. The minimum atomic E-state index is 0.242. The minimum Gasteiger partial charge on any atom is -0.486 e. The molecular formula is C16H15BrO. The average Bonchev–Trinajstić information content (AvgIpc) is 2.40. The fraction of sp³-hybridized carbons (Fsp3) is 0.250. The van der Waals surface area contributed by atoms with E-state index in [1.165, 1.54) is 23.6 Å². The smallest absolute Gasteiger partial charge is 0.120 e. The maximum atomic E-state index is 6.00. The first-order valence-corrected chi connectivity index (χ1v) is 7.13. The molecule has 0 fully saturated rings. The highest BCUT2D eigenvalue weighted by Gasteiger charge is 2.09. The molecule has 3 rings (SSSR count). The molecule has 0 amide bonds. The molecule has 0 aromatic heterocycles. The van der Waals surface area contributed by atoms with Crippen LogP contribution in [0.15, 0.2) is 53.0 Å². The summed E-state index contributed by atoms with van der Waals surface area (Å²) in [4.78, 5) is 0. The Hall–Kier alpha value is -1.28. The number of halogens is 1. The zero-order chi connectivity index (χ0) is 12.4. The van der Waals surface area contributed by atoms with Crippen molar-refractivity contribution in [3.05, 3.63) is 53.0 Å². The Morgan fingerprint density at radius 1 is 1.06 bits per heavy atom. The fourth-order valence-corrected chi connectivity index (χ4v) is 2.70. The Morgan fingerprint density at radius 3 is 2.72 bits per heavy atom. The molecule has 2 aromatic carbocycles. The molecule has 0 spiro atoms. The highest BCUT2D eigenvalue weighted by atomic mass is 79.9. The van der Waals surface area contributed by atoms with E-state index in [1.54, 1.807) is 0 Å². The van der Waals surface area contributed by atoms with Gasteiger partial charge in [0.15, 0.2) is 0 Å². The minimum absolute atomic E-state index is 0.242. The van der Waals surface area contributed by atoms with Crippen molar-refractivity contribution in [2.24, 2.45) is 0 Å². The Balaban J connectivity index is 1.86. The first-order chi connectivity index (χ1) is 8.81. The van der Waals surface area contributed by atoms with Gasteiger partial charge in [-0.1, -0.05) is 34.1 Å². The van der Waals surface area contributed by atoms with Crippen LogP contribution < -0.4 is 4.74 Å². The molecule has 0 N–H and O–H groups in total. The maximum absolute atomic E-state index is 6.00. The van der Waals surface area contributed by atoms with Gasteiger partial charge in [0.2, 0.25) is 0 Å². The van der Waals surface area contributed by atoms with Gasteiger partial charge in [0.05, 0.1) is 0 Å². The van der Waals surface area contributed by atoms with Crippen LogP contribution in [0.5, 0.6) is 5.75 Å². The van der Waals surface area contributed by atoms with E-state index in [1.807, 2.05) is 0 Å². The summed E-state index contributed by atoms with van der Waals surface area (Å²) in [6.07, 6.45) is 8.16. The highest BCUT2D eigenvalue weighted by molar-refractivity contribution is 9.10. The van der Waals surface area contributed by atoms with Gasteiger partial charge in [-0.2, -0.15) is 0 Å². The SMILES string of the molecule is Brc1ccc2cc(OC3C=CCCC3)ccc2c1. The van der Waals surface area contributed by atoms with Crippen LogP contribution in [0, 0.1) is 0 Å². The third kappa shape index (κ3) is 2.59. The lowest BCUT2D eigenvalue weighted by atomic mass is 10.1. The second kappa shape index (κ2) is 5.15. The monoisotopic (exact) mass is 302 g/mol. The van der Waals surface area contributed by atoms with Crippen molar-refractivity contribution < 1.29 is 4.74 Å². The summed E-state index contributed by atoms with van der Waals surface area (Å²) in [5.74, 6) is 0.960. The van der Waals surface area contributed by atoms with E-state index in [0.29, 0.717) is 0 Å². The second-order valence-corrected chi connectivity index (χ2v) is 5.58. The second-order valence-electron chi connectivity index (χ2n) is 4.67. The van der Waals surface area contributed by atoms with Crippen LogP contribution in [0.1, 0.15) is 19.3 Å². The largest absolute Gasteiger partial charge is 0.486 e. The van der Waals surface area contributed by atoms with Crippen LogP contribution in [0.25, 0.3) is 10.8 Å². The molecule has 18 heavy (non-hydrogen) atoms. The lowest BCUT2D eigenvalue weighted by Gasteiger charge is -2.18. The predicted octanol–water partition coefficient (Wildman–Crippen LogP) is 5.09. The van der Waals surface area contributed by atoms with E-state index in [9.17, 15) is 0 Å². The van der Waals surface area contributed by atoms with Crippen LogP contribution in [0.2, 0.25) is 0 Å². The summed E-state index contributed by atoms with van der Waals surface area (Å²) in [7, 11) is 0. The number of benzene rings is 2. The molecule has 0 saturated heterocycles.